The first kappa shape index (κ1) is 17.4. The van der Waals surface area contributed by atoms with Gasteiger partial charge in [0.05, 0.1) is 21.3 Å². The molecule has 0 radical (unpaired) electrons. The molecular weight excluding hydrogens is 326 g/mol. The van der Waals surface area contributed by atoms with E-state index in [-0.39, 0.29) is 26.8 Å². The van der Waals surface area contributed by atoms with Crippen molar-refractivity contribution in [3.63, 3.8) is 0 Å². The van der Waals surface area contributed by atoms with Gasteiger partial charge in [-0.2, -0.15) is 0 Å². The average molecular weight is 341 g/mol. The number of hydrogen-bond acceptors (Lipinski definition) is 2. The SMILES string of the molecule is CC[C@H](C)[S@](=O)c1c(C(F)(Cl)Cl)ccc(C(=O)O)c1C. The highest BCUT2D eigenvalue weighted by Gasteiger charge is 2.33. The molecule has 0 aromatic heterocycles. The largest absolute Gasteiger partial charge is 0.478 e. The summed E-state index contributed by atoms with van der Waals surface area (Å²) in [5, 5.41) is 8.83. The smallest absolute Gasteiger partial charge is 0.335 e. The van der Waals surface area contributed by atoms with E-state index in [1.807, 2.05) is 6.92 Å². The van der Waals surface area contributed by atoms with Crippen LogP contribution in [0.1, 0.15) is 41.8 Å². The van der Waals surface area contributed by atoms with Crippen molar-refractivity contribution in [2.24, 2.45) is 0 Å². The van der Waals surface area contributed by atoms with Crippen molar-refractivity contribution >= 4 is 40.0 Å². The fourth-order valence-electron chi connectivity index (χ4n) is 1.76. The highest BCUT2D eigenvalue weighted by molar-refractivity contribution is 7.85. The van der Waals surface area contributed by atoms with Gasteiger partial charge in [-0.25, -0.2) is 9.18 Å². The second-order valence-electron chi connectivity index (χ2n) is 4.43. The minimum Gasteiger partial charge on any atom is -0.478 e. The zero-order valence-corrected chi connectivity index (χ0v) is 13.6. The van der Waals surface area contributed by atoms with Crippen molar-refractivity contribution in [1.29, 1.82) is 0 Å². The van der Waals surface area contributed by atoms with Crippen molar-refractivity contribution < 1.29 is 18.5 Å². The van der Waals surface area contributed by atoms with Gasteiger partial charge in [-0.15, -0.1) is 0 Å². The van der Waals surface area contributed by atoms with Crippen LogP contribution >= 0.6 is 23.2 Å². The van der Waals surface area contributed by atoms with Crippen LogP contribution in [0.2, 0.25) is 0 Å². The van der Waals surface area contributed by atoms with Crippen LogP contribution in [0.15, 0.2) is 17.0 Å². The predicted molar refractivity (Wildman–Crippen MR) is 78.8 cm³/mol. The van der Waals surface area contributed by atoms with Crippen LogP contribution < -0.4 is 0 Å². The van der Waals surface area contributed by atoms with Gasteiger partial charge in [-0.05, 0) is 25.0 Å². The van der Waals surface area contributed by atoms with Gasteiger partial charge in [0.1, 0.15) is 0 Å². The molecule has 0 aliphatic rings. The van der Waals surface area contributed by atoms with Crippen LogP contribution in [0.25, 0.3) is 0 Å². The average Bonchev–Trinajstić information content (AvgIpc) is 2.34. The molecule has 3 nitrogen and oxygen atoms in total. The van der Waals surface area contributed by atoms with E-state index >= 15 is 0 Å². The molecule has 0 aliphatic carbocycles. The Hall–Kier alpha value is -0.650. The Labute approximate surface area is 129 Å². The standard InChI is InChI=1S/C13H15Cl2FO3S/c1-4-7(2)20(19)11-8(3)9(12(17)18)5-6-10(11)13(14,15)16/h5-7H,4H2,1-3H3,(H,17,18)/t7-,20-/m0/s1. The van der Waals surface area contributed by atoms with Crippen molar-refractivity contribution in [2.75, 3.05) is 0 Å². The quantitative estimate of drug-likeness (QED) is 0.819. The second kappa shape index (κ2) is 6.41. The number of hydrogen-bond donors (Lipinski definition) is 1. The summed E-state index contributed by atoms with van der Waals surface area (Å²) in [5.74, 6) is -1.18. The summed E-state index contributed by atoms with van der Waals surface area (Å²) < 4.78 is 23.6. The topological polar surface area (TPSA) is 54.4 Å². The van der Waals surface area contributed by atoms with Crippen molar-refractivity contribution in [1.82, 2.24) is 0 Å². The lowest BCUT2D eigenvalue weighted by atomic mass is 10.1. The Morgan fingerprint density at radius 3 is 2.45 bits per heavy atom. The molecule has 0 bridgehead atoms. The third kappa shape index (κ3) is 3.51. The molecule has 0 saturated heterocycles. The molecule has 1 N–H and O–H groups in total. The lowest BCUT2D eigenvalue weighted by Crippen LogP contribution is -2.18. The monoisotopic (exact) mass is 340 g/mol. The molecule has 1 rings (SSSR count). The molecule has 0 amide bonds. The Bertz CT molecular complexity index is 555. The molecular formula is C13H15Cl2FO3S. The lowest BCUT2D eigenvalue weighted by Gasteiger charge is -2.20. The Kier molecular flexibility index (Phi) is 5.58. The Morgan fingerprint density at radius 2 is 2.05 bits per heavy atom. The van der Waals surface area contributed by atoms with E-state index in [1.165, 1.54) is 19.1 Å². The van der Waals surface area contributed by atoms with Crippen molar-refractivity contribution in [2.45, 2.75) is 41.9 Å². The summed E-state index contributed by atoms with van der Waals surface area (Å²) in [6.45, 7) is 5.04. The lowest BCUT2D eigenvalue weighted by molar-refractivity contribution is 0.0695. The minimum absolute atomic E-state index is 0.0435. The maximum Gasteiger partial charge on any atom is 0.335 e. The fourth-order valence-corrected chi connectivity index (χ4v) is 3.73. The minimum atomic E-state index is -2.72. The summed E-state index contributed by atoms with van der Waals surface area (Å²) >= 11 is 11.0. The number of carboxylic acids is 1. The molecule has 1 aromatic rings. The van der Waals surface area contributed by atoms with Crippen LogP contribution in [-0.4, -0.2) is 20.5 Å². The molecule has 112 valence electrons. The second-order valence-corrected chi connectivity index (χ2v) is 7.48. The first-order valence-electron chi connectivity index (χ1n) is 5.95. The molecule has 0 unspecified atom stereocenters. The van der Waals surface area contributed by atoms with Crippen molar-refractivity contribution in [3.8, 4) is 0 Å². The van der Waals surface area contributed by atoms with E-state index in [4.69, 9.17) is 28.3 Å². The summed E-state index contributed by atoms with van der Waals surface area (Å²) in [4.78, 5) is 11.2. The number of carboxylic acid groups (broad SMARTS) is 1. The Morgan fingerprint density at radius 1 is 1.50 bits per heavy atom. The van der Waals surface area contributed by atoms with Crippen LogP contribution in [0.4, 0.5) is 4.39 Å². The first-order valence-corrected chi connectivity index (χ1v) is 7.92. The third-order valence-electron chi connectivity index (χ3n) is 3.08. The van der Waals surface area contributed by atoms with E-state index < -0.39 is 21.4 Å². The number of alkyl halides is 3. The summed E-state index contributed by atoms with van der Waals surface area (Å²) in [6, 6.07) is 2.38. The maximum absolute atomic E-state index is 13.9. The third-order valence-corrected chi connectivity index (χ3v) is 5.48. The van der Waals surface area contributed by atoms with Gasteiger partial charge in [-0.3, -0.25) is 4.21 Å². The molecule has 2 atom stereocenters. The normalized spacial score (nSPS) is 14.9. The summed E-state index contributed by atoms with van der Waals surface area (Å²) in [5.41, 5.74) is 0.0110. The van der Waals surface area contributed by atoms with E-state index in [0.29, 0.717) is 6.42 Å². The van der Waals surface area contributed by atoms with Crippen LogP contribution in [-0.2, 0) is 15.4 Å². The van der Waals surface area contributed by atoms with E-state index in [2.05, 4.69) is 0 Å². The predicted octanol–water partition coefficient (Wildman–Crippen LogP) is 4.16. The van der Waals surface area contributed by atoms with Crippen LogP contribution in [0, 0.1) is 6.92 Å². The van der Waals surface area contributed by atoms with Gasteiger partial charge in [-0.1, -0.05) is 43.1 Å². The molecule has 0 spiro atoms. The van der Waals surface area contributed by atoms with Crippen LogP contribution in [0.5, 0.6) is 0 Å². The number of halogens is 3. The van der Waals surface area contributed by atoms with Gasteiger partial charge >= 0.3 is 5.97 Å². The summed E-state index contributed by atoms with van der Waals surface area (Å²) in [7, 11) is -1.60. The molecule has 0 saturated carbocycles. The van der Waals surface area contributed by atoms with E-state index in [0.717, 1.165) is 0 Å². The number of rotatable bonds is 5. The van der Waals surface area contributed by atoms with Gasteiger partial charge in [0.2, 0.25) is 0 Å². The van der Waals surface area contributed by atoms with Gasteiger partial charge in [0.15, 0.2) is 0 Å². The molecule has 1 aromatic carbocycles. The first-order chi connectivity index (χ1) is 9.11. The van der Waals surface area contributed by atoms with Crippen molar-refractivity contribution in [3.05, 3.63) is 28.8 Å². The number of carbonyl (C=O) groups is 1. The van der Waals surface area contributed by atoms with Gasteiger partial charge in [0, 0.05) is 10.8 Å². The highest BCUT2D eigenvalue weighted by atomic mass is 35.5. The zero-order chi connectivity index (χ0) is 15.7. The summed E-state index contributed by atoms with van der Waals surface area (Å²) in [6.07, 6.45) is 0.590. The molecule has 0 aliphatic heterocycles. The zero-order valence-electron chi connectivity index (χ0n) is 11.2. The van der Waals surface area contributed by atoms with E-state index in [9.17, 15) is 13.4 Å². The molecule has 0 heterocycles. The molecule has 20 heavy (non-hydrogen) atoms. The maximum atomic E-state index is 13.9. The number of aromatic carboxylic acids is 1. The molecule has 7 heteroatoms. The Balaban J connectivity index is 3.62. The van der Waals surface area contributed by atoms with Gasteiger partial charge in [0.25, 0.3) is 4.59 Å². The number of benzene rings is 1. The fraction of sp³-hybridized carbons (Fsp3) is 0.462. The van der Waals surface area contributed by atoms with Gasteiger partial charge < -0.3 is 5.11 Å². The van der Waals surface area contributed by atoms with Crippen LogP contribution in [0.3, 0.4) is 0 Å². The highest BCUT2D eigenvalue weighted by Crippen LogP contribution is 2.41. The molecule has 0 fully saturated rings. The van der Waals surface area contributed by atoms with E-state index in [1.54, 1.807) is 6.92 Å².